The summed E-state index contributed by atoms with van der Waals surface area (Å²) in [5.74, 6) is -0.553. The monoisotopic (exact) mass is 342 g/mol. The van der Waals surface area contributed by atoms with Crippen LogP contribution < -0.4 is 10.6 Å². The molecule has 25 heavy (non-hydrogen) atoms. The Morgan fingerprint density at radius 1 is 1.12 bits per heavy atom. The Bertz CT molecular complexity index is 836. The number of aromatic nitrogens is 2. The topological polar surface area (TPSA) is 76.0 Å². The van der Waals surface area contributed by atoms with Gasteiger partial charge < -0.3 is 10.6 Å². The van der Waals surface area contributed by atoms with Gasteiger partial charge in [-0.05, 0) is 51.8 Å². The van der Waals surface area contributed by atoms with Crippen molar-refractivity contribution in [2.24, 2.45) is 7.05 Å². The molecule has 1 atom stereocenters. The third kappa shape index (κ3) is 3.73. The molecule has 0 saturated heterocycles. The lowest BCUT2D eigenvalue weighted by Gasteiger charge is -2.18. The molecule has 6 heteroatoms. The molecule has 0 saturated carbocycles. The van der Waals surface area contributed by atoms with Gasteiger partial charge >= 0.3 is 0 Å². The zero-order valence-electron chi connectivity index (χ0n) is 15.9. The third-order valence-electron chi connectivity index (χ3n) is 4.62. The van der Waals surface area contributed by atoms with Crippen LogP contribution in [0.3, 0.4) is 0 Å². The standard InChI is InChI=1S/C19H26N4O2/c1-10-8-9-16(11(2)18(10)20-15(6)24)21-19(25)12(3)17-13(4)22-23(7)14(17)5/h8-9,12H,1-7H3,(H,20,24)(H,21,25)/t12-/m0/s1. The van der Waals surface area contributed by atoms with E-state index in [-0.39, 0.29) is 17.7 Å². The fourth-order valence-electron chi connectivity index (χ4n) is 3.14. The van der Waals surface area contributed by atoms with Crippen LogP contribution in [0.5, 0.6) is 0 Å². The van der Waals surface area contributed by atoms with Gasteiger partial charge in [0.1, 0.15) is 0 Å². The Kier molecular flexibility index (Phi) is 5.30. The fourth-order valence-corrected chi connectivity index (χ4v) is 3.14. The Morgan fingerprint density at radius 3 is 2.28 bits per heavy atom. The maximum atomic E-state index is 12.8. The molecule has 6 nitrogen and oxygen atoms in total. The number of hydrogen-bond donors (Lipinski definition) is 2. The van der Waals surface area contributed by atoms with Crippen LogP contribution in [0.15, 0.2) is 12.1 Å². The minimum Gasteiger partial charge on any atom is -0.326 e. The highest BCUT2D eigenvalue weighted by Crippen LogP contribution is 2.29. The number of amides is 2. The van der Waals surface area contributed by atoms with E-state index in [0.29, 0.717) is 5.69 Å². The van der Waals surface area contributed by atoms with Gasteiger partial charge in [0.25, 0.3) is 0 Å². The van der Waals surface area contributed by atoms with E-state index in [4.69, 9.17) is 0 Å². The number of nitrogens with zero attached hydrogens (tertiary/aromatic N) is 2. The van der Waals surface area contributed by atoms with Gasteiger partial charge in [-0.2, -0.15) is 5.10 Å². The minimum atomic E-state index is -0.321. The number of aryl methyl sites for hydroxylation is 3. The number of nitrogens with one attached hydrogen (secondary N) is 2. The summed E-state index contributed by atoms with van der Waals surface area (Å²) in [5.41, 5.74) is 6.04. The van der Waals surface area contributed by atoms with Crippen molar-refractivity contribution in [1.82, 2.24) is 9.78 Å². The third-order valence-corrected chi connectivity index (χ3v) is 4.62. The molecule has 2 amide bonds. The normalized spacial score (nSPS) is 12.0. The molecule has 0 fully saturated rings. The second-order valence-corrected chi connectivity index (χ2v) is 6.53. The SMILES string of the molecule is CC(=O)Nc1c(C)ccc(NC(=O)[C@@H](C)c2c(C)nn(C)c2C)c1C. The van der Waals surface area contributed by atoms with E-state index < -0.39 is 0 Å². The highest BCUT2D eigenvalue weighted by atomic mass is 16.2. The van der Waals surface area contributed by atoms with Crippen LogP contribution in [0.4, 0.5) is 11.4 Å². The van der Waals surface area contributed by atoms with E-state index >= 15 is 0 Å². The first kappa shape index (κ1) is 18.7. The Labute approximate surface area is 148 Å². The average molecular weight is 342 g/mol. The Morgan fingerprint density at radius 2 is 1.76 bits per heavy atom. The molecule has 1 heterocycles. The molecule has 0 aliphatic rings. The zero-order valence-corrected chi connectivity index (χ0v) is 15.9. The molecule has 2 N–H and O–H groups in total. The van der Waals surface area contributed by atoms with E-state index in [9.17, 15) is 9.59 Å². The lowest BCUT2D eigenvalue weighted by molar-refractivity contribution is -0.117. The summed E-state index contributed by atoms with van der Waals surface area (Å²) in [6.07, 6.45) is 0. The van der Waals surface area contributed by atoms with Crippen molar-refractivity contribution < 1.29 is 9.59 Å². The molecule has 134 valence electrons. The molecule has 1 aromatic heterocycles. The second-order valence-electron chi connectivity index (χ2n) is 6.53. The summed E-state index contributed by atoms with van der Waals surface area (Å²) < 4.78 is 1.79. The van der Waals surface area contributed by atoms with Crippen LogP contribution >= 0.6 is 0 Å². The molecule has 1 aromatic carbocycles. The highest BCUT2D eigenvalue weighted by molar-refractivity contribution is 5.98. The number of carbonyl (C=O) groups excluding carboxylic acids is 2. The Hall–Kier alpha value is -2.63. The predicted molar refractivity (Wildman–Crippen MR) is 99.9 cm³/mol. The van der Waals surface area contributed by atoms with Crippen molar-refractivity contribution in [2.75, 3.05) is 10.6 Å². The van der Waals surface area contributed by atoms with Gasteiger partial charge in [-0.3, -0.25) is 14.3 Å². The zero-order chi connectivity index (χ0) is 18.9. The number of hydrogen-bond acceptors (Lipinski definition) is 3. The molecule has 0 bridgehead atoms. The summed E-state index contributed by atoms with van der Waals surface area (Å²) in [6.45, 7) is 11.0. The largest absolute Gasteiger partial charge is 0.326 e. The average Bonchev–Trinajstić information content (AvgIpc) is 2.78. The summed E-state index contributed by atoms with van der Waals surface area (Å²) in [6, 6.07) is 3.75. The molecule has 0 radical (unpaired) electrons. The van der Waals surface area contributed by atoms with Crippen molar-refractivity contribution >= 4 is 23.2 Å². The first-order valence-electron chi connectivity index (χ1n) is 8.32. The second kappa shape index (κ2) is 7.09. The van der Waals surface area contributed by atoms with Gasteiger partial charge in [0.15, 0.2) is 0 Å². The maximum absolute atomic E-state index is 12.8. The van der Waals surface area contributed by atoms with E-state index in [1.165, 1.54) is 6.92 Å². The maximum Gasteiger partial charge on any atom is 0.231 e. The first-order chi connectivity index (χ1) is 11.6. The van der Waals surface area contributed by atoms with Crippen LogP contribution in [0.2, 0.25) is 0 Å². The summed E-state index contributed by atoms with van der Waals surface area (Å²) in [5, 5.41) is 10.2. The van der Waals surface area contributed by atoms with Crippen molar-refractivity contribution in [2.45, 2.75) is 47.5 Å². The van der Waals surface area contributed by atoms with E-state index in [1.54, 1.807) is 4.68 Å². The molecular formula is C19H26N4O2. The smallest absolute Gasteiger partial charge is 0.231 e. The lowest BCUT2D eigenvalue weighted by atomic mass is 9.97. The quantitative estimate of drug-likeness (QED) is 0.894. The van der Waals surface area contributed by atoms with Gasteiger partial charge in [0, 0.05) is 36.6 Å². The van der Waals surface area contributed by atoms with Gasteiger partial charge in [0.05, 0.1) is 11.6 Å². The number of carbonyl (C=O) groups is 2. The minimum absolute atomic E-state index is 0.0973. The molecule has 0 spiro atoms. The van der Waals surface area contributed by atoms with Gasteiger partial charge in [-0.1, -0.05) is 6.07 Å². The van der Waals surface area contributed by atoms with Crippen LogP contribution in [0, 0.1) is 27.7 Å². The molecule has 2 aromatic rings. The molecular weight excluding hydrogens is 316 g/mol. The van der Waals surface area contributed by atoms with Crippen molar-refractivity contribution in [1.29, 1.82) is 0 Å². The predicted octanol–water partition coefficient (Wildman–Crippen LogP) is 3.35. The van der Waals surface area contributed by atoms with Crippen LogP contribution in [0.1, 0.15) is 47.8 Å². The van der Waals surface area contributed by atoms with Crippen LogP contribution in [0.25, 0.3) is 0 Å². The van der Waals surface area contributed by atoms with Crippen molar-refractivity contribution in [3.63, 3.8) is 0 Å². The molecule has 0 unspecified atom stereocenters. The van der Waals surface area contributed by atoms with Gasteiger partial charge in [-0.15, -0.1) is 0 Å². The highest BCUT2D eigenvalue weighted by Gasteiger charge is 2.23. The number of benzene rings is 1. The van der Waals surface area contributed by atoms with E-state index in [2.05, 4.69) is 15.7 Å². The summed E-state index contributed by atoms with van der Waals surface area (Å²) in [4.78, 5) is 24.2. The van der Waals surface area contributed by atoms with Crippen molar-refractivity contribution in [3.05, 3.63) is 40.2 Å². The van der Waals surface area contributed by atoms with Crippen LogP contribution in [-0.4, -0.2) is 21.6 Å². The van der Waals surface area contributed by atoms with E-state index in [1.807, 2.05) is 53.8 Å². The molecule has 0 aliphatic carbocycles. The summed E-state index contributed by atoms with van der Waals surface area (Å²) in [7, 11) is 1.88. The van der Waals surface area contributed by atoms with Crippen molar-refractivity contribution in [3.8, 4) is 0 Å². The van der Waals surface area contributed by atoms with Crippen LogP contribution in [-0.2, 0) is 16.6 Å². The summed E-state index contributed by atoms with van der Waals surface area (Å²) >= 11 is 0. The first-order valence-corrected chi connectivity index (χ1v) is 8.32. The van der Waals surface area contributed by atoms with Gasteiger partial charge in [-0.25, -0.2) is 0 Å². The molecule has 2 rings (SSSR count). The fraction of sp³-hybridized carbons (Fsp3) is 0.421. The van der Waals surface area contributed by atoms with Gasteiger partial charge in [0.2, 0.25) is 11.8 Å². The molecule has 0 aliphatic heterocycles. The lowest BCUT2D eigenvalue weighted by Crippen LogP contribution is -2.21. The number of anilines is 2. The Balaban J connectivity index is 2.30. The van der Waals surface area contributed by atoms with E-state index in [0.717, 1.165) is 33.8 Å². The number of rotatable bonds is 4.